The lowest BCUT2D eigenvalue weighted by Crippen LogP contribution is -2.34. The molecule has 0 bridgehead atoms. The number of carbonyl (C=O) groups excluding carboxylic acids is 2. The van der Waals surface area contributed by atoms with Crippen molar-refractivity contribution in [2.45, 2.75) is 193 Å². The van der Waals surface area contributed by atoms with Crippen LogP contribution >= 0.6 is 7.82 Å². The number of unbranched alkanes of at least 4 members (excludes halogenated alkanes) is 15. The number of carboxylic acid groups (broad SMARTS) is 1. The van der Waals surface area contributed by atoms with Crippen LogP contribution in [0.25, 0.3) is 0 Å². The zero-order chi connectivity index (χ0) is 45.1. The number of carbonyl (C=O) groups is 3. The van der Waals surface area contributed by atoms with Gasteiger partial charge in [0.15, 0.2) is 6.10 Å². The highest BCUT2D eigenvalue weighted by Crippen LogP contribution is 2.43. The van der Waals surface area contributed by atoms with Crippen LogP contribution in [0.4, 0.5) is 0 Å². The van der Waals surface area contributed by atoms with Crippen LogP contribution in [-0.4, -0.2) is 71.1 Å². The lowest BCUT2D eigenvalue weighted by molar-refractivity contribution is -0.161. The molecule has 0 spiro atoms. The molecule has 12 nitrogen and oxygen atoms in total. The molecule has 0 amide bonds. The average Bonchev–Trinajstić information content (AvgIpc) is 3.23. The molecule has 0 aliphatic carbocycles. The Morgan fingerprint density at radius 1 is 0.590 bits per heavy atom. The fourth-order valence-electron chi connectivity index (χ4n) is 5.84. The summed E-state index contributed by atoms with van der Waals surface area (Å²) in [7, 11) is -4.75. The molecule has 0 radical (unpaired) electrons. The minimum atomic E-state index is -4.75. The number of aliphatic hydroxyl groups is 1. The molecule has 0 rings (SSSR count). The SMILES string of the molecule is CCCCC/C=C\C/C=C\CCCCCCCCCCCC(=O)OC[C@H](COP(=O)(O)OC[C@H](N)C(=O)O)OC(=O)CCC/C=C\C/C=C\C/C=C\C=C\[C@@H](O)CCCCC. The molecule has 350 valence electrons. The minimum Gasteiger partial charge on any atom is -0.480 e. The van der Waals surface area contributed by atoms with Crippen LogP contribution in [0.5, 0.6) is 0 Å². The number of ether oxygens (including phenoxy) is 2. The maximum atomic E-state index is 12.6. The molecule has 0 fully saturated rings. The van der Waals surface area contributed by atoms with E-state index in [9.17, 15) is 28.9 Å². The standard InChI is InChI=1S/C48H82NO11P/c1-3-5-7-8-9-10-11-12-13-14-15-16-17-18-21-24-27-30-34-38-46(51)57-40-44(41-58-61(55,56)59-42-45(49)48(53)54)60-47(52)39-35-31-28-25-22-19-20-23-26-29-33-37-43(50)36-32-6-4-2/h9-10,12-13,19-20,25-26,28-29,33,37,43-45,50H,3-8,11,14-18,21-24,27,30-32,34-36,38-42,49H2,1-2H3,(H,53,54)(H,55,56)/b10-9-,13-12-,20-19-,28-25-,29-26-,37-33+/t43-,44+,45-/m0/s1. The number of esters is 2. The third-order valence-corrected chi connectivity index (χ3v) is 10.5. The second kappa shape index (κ2) is 42.2. The summed E-state index contributed by atoms with van der Waals surface area (Å²) in [4.78, 5) is 46.0. The summed E-state index contributed by atoms with van der Waals surface area (Å²) in [5.74, 6) is -2.50. The topological polar surface area (TPSA) is 192 Å². The van der Waals surface area contributed by atoms with Crippen LogP contribution in [-0.2, 0) is 37.5 Å². The van der Waals surface area contributed by atoms with E-state index < -0.39 is 57.2 Å². The van der Waals surface area contributed by atoms with E-state index in [1.54, 1.807) is 0 Å². The highest BCUT2D eigenvalue weighted by atomic mass is 31.2. The van der Waals surface area contributed by atoms with Gasteiger partial charge in [-0.2, -0.15) is 0 Å². The summed E-state index contributed by atoms with van der Waals surface area (Å²) in [6.45, 7) is 2.58. The van der Waals surface area contributed by atoms with E-state index in [0.717, 1.165) is 70.6 Å². The molecule has 5 N–H and O–H groups in total. The predicted octanol–water partition coefficient (Wildman–Crippen LogP) is 11.5. The zero-order valence-corrected chi connectivity index (χ0v) is 38.5. The summed E-state index contributed by atoms with van der Waals surface area (Å²) in [6, 6.07) is -1.54. The number of nitrogens with two attached hydrogens (primary N) is 1. The number of aliphatic hydroxyl groups excluding tert-OH is 1. The lowest BCUT2D eigenvalue weighted by Gasteiger charge is -2.20. The van der Waals surface area contributed by atoms with Crippen molar-refractivity contribution in [2.75, 3.05) is 19.8 Å². The molecule has 0 aromatic carbocycles. The first-order valence-electron chi connectivity index (χ1n) is 23.1. The summed E-state index contributed by atoms with van der Waals surface area (Å²) in [5, 5.41) is 18.8. The molecular weight excluding hydrogens is 797 g/mol. The zero-order valence-electron chi connectivity index (χ0n) is 37.6. The fourth-order valence-corrected chi connectivity index (χ4v) is 6.62. The Bertz CT molecular complexity index is 1330. The van der Waals surface area contributed by atoms with Gasteiger partial charge in [-0.15, -0.1) is 0 Å². The lowest BCUT2D eigenvalue weighted by atomic mass is 10.1. The van der Waals surface area contributed by atoms with Gasteiger partial charge in [0, 0.05) is 12.8 Å². The number of phosphoric acid groups is 1. The second-order valence-corrected chi connectivity index (χ2v) is 16.8. The van der Waals surface area contributed by atoms with Crippen LogP contribution in [0.1, 0.15) is 174 Å². The monoisotopic (exact) mass is 880 g/mol. The summed E-state index contributed by atoms with van der Waals surface area (Å²) in [6.07, 6.45) is 47.2. The Hall–Kier alpha value is -3.12. The van der Waals surface area contributed by atoms with E-state index in [1.807, 2.05) is 42.5 Å². The van der Waals surface area contributed by atoms with E-state index in [2.05, 4.69) is 48.8 Å². The van der Waals surface area contributed by atoms with E-state index in [0.29, 0.717) is 19.3 Å². The summed E-state index contributed by atoms with van der Waals surface area (Å²) >= 11 is 0. The molecule has 0 aromatic rings. The van der Waals surface area contributed by atoms with Crippen molar-refractivity contribution in [3.63, 3.8) is 0 Å². The van der Waals surface area contributed by atoms with Gasteiger partial charge in [-0.25, -0.2) is 4.57 Å². The Morgan fingerprint density at radius 3 is 1.69 bits per heavy atom. The van der Waals surface area contributed by atoms with Gasteiger partial charge >= 0.3 is 25.7 Å². The van der Waals surface area contributed by atoms with Crippen molar-refractivity contribution in [2.24, 2.45) is 5.73 Å². The van der Waals surface area contributed by atoms with Crippen LogP contribution in [0.3, 0.4) is 0 Å². The van der Waals surface area contributed by atoms with Gasteiger partial charge in [-0.05, 0) is 70.6 Å². The van der Waals surface area contributed by atoms with Crippen molar-refractivity contribution in [3.05, 3.63) is 72.9 Å². The number of hydrogen-bond acceptors (Lipinski definition) is 10. The van der Waals surface area contributed by atoms with Crippen molar-refractivity contribution >= 4 is 25.7 Å². The Kier molecular flexibility index (Phi) is 40.0. The largest absolute Gasteiger partial charge is 0.480 e. The molecule has 4 atom stereocenters. The first kappa shape index (κ1) is 57.9. The van der Waals surface area contributed by atoms with Crippen LogP contribution in [0.2, 0.25) is 0 Å². The molecule has 61 heavy (non-hydrogen) atoms. The van der Waals surface area contributed by atoms with E-state index in [1.165, 1.54) is 57.8 Å². The van der Waals surface area contributed by atoms with Gasteiger partial charge in [-0.3, -0.25) is 23.4 Å². The maximum Gasteiger partial charge on any atom is 0.472 e. The molecule has 0 saturated heterocycles. The van der Waals surface area contributed by atoms with E-state index in [4.69, 9.17) is 24.8 Å². The number of hydrogen-bond donors (Lipinski definition) is 4. The number of phosphoric ester groups is 1. The minimum absolute atomic E-state index is 0.0612. The van der Waals surface area contributed by atoms with Gasteiger partial charge in [0.05, 0.1) is 19.3 Å². The van der Waals surface area contributed by atoms with Crippen LogP contribution in [0.15, 0.2) is 72.9 Å². The molecular formula is C48H82NO11P. The predicted molar refractivity (Wildman–Crippen MR) is 246 cm³/mol. The van der Waals surface area contributed by atoms with Gasteiger partial charge in [0.2, 0.25) is 0 Å². The fraction of sp³-hybridized carbons (Fsp3) is 0.688. The first-order chi connectivity index (χ1) is 29.5. The van der Waals surface area contributed by atoms with Gasteiger partial charge in [-0.1, -0.05) is 164 Å². The van der Waals surface area contributed by atoms with Crippen molar-refractivity contribution in [1.82, 2.24) is 0 Å². The highest BCUT2D eigenvalue weighted by molar-refractivity contribution is 7.47. The number of carboxylic acids is 1. The van der Waals surface area contributed by atoms with Gasteiger partial charge in [0.25, 0.3) is 0 Å². The molecule has 0 heterocycles. The number of aliphatic carboxylic acids is 1. The average molecular weight is 880 g/mol. The van der Waals surface area contributed by atoms with Crippen LogP contribution in [0, 0.1) is 0 Å². The summed E-state index contributed by atoms with van der Waals surface area (Å²) in [5.41, 5.74) is 5.33. The van der Waals surface area contributed by atoms with Gasteiger partial charge in [0.1, 0.15) is 12.6 Å². The third kappa shape index (κ3) is 42.0. The van der Waals surface area contributed by atoms with E-state index in [-0.39, 0.29) is 19.4 Å². The molecule has 1 unspecified atom stereocenters. The first-order valence-corrected chi connectivity index (χ1v) is 24.6. The Labute approximate surface area is 368 Å². The molecule has 0 aliphatic rings. The van der Waals surface area contributed by atoms with Crippen molar-refractivity contribution in [3.8, 4) is 0 Å². The molecule has 13 heteroatoms. The molecule has 0 saturated carbocycles. The highest BCUT2D eigenvalue weighted by Gasteiger charge is 2.28. The normalized spacial score (nSPS) is 14.8. The van der Waals surface area contributed by atoms with Crippen molar-refractivity contribution in [1.29, 1.82) is 0 Å². The van der Waals surface area contributed by atoms with Crippen molar-refractivity contribution < 1.29 is 52.6 Å². The number of allylic oxidation sites excluding steroid dienone is 11. The van der Waals surface area contributed by atoms with Gasteiger partial charge < -0.3 is 30.3 Å². The molecule has 0 aliphatic heterocycles. The smallest absolute Gasteiger partial charge is 0.472 e. The Morgan fingerprint density at radius 2 is 1.08 bits per heavy atom. The van der Waals surface area contributed by atoms with Crippen LogP contribution < -0.4 is 5.73 Å². The third-order valence-electron chi connectivity index (χ3n) is 9.53. The second-order valence-electron chi connectivity index (χ2n) is 15.4. The summed E-state index contributed by atoms with van der Waals surface area (Å²) < 4.78 is 32.7. The molecule has 0 aromatic heterocycles. The maximum absolute atomic E-state index is 12.6. The quantitative estimate of drug-likeness (QED) is 0.0149. The van der Waals surface area contributed by atoms with E-state index >= 15 is 0 Å². The number of rotatable bonds is 42. The Balaban J connectivity index is 4.46.